The van der Waals surface area contributed by atoms with Crippen LogP contribution in [0.2, 0.25) is 0 Å². The van der Waals surface area contributed by atoms with Crippen molar-refractivity contribution in [1.82, 2.24) is 4.90 Å². The van der Waals surface area contributed by atoms with Crippen LogP contribution in [0.1, 0.15) is 25.3 Å². The number of rotatable bonds is 7. The third kappa shape index (κ3) is 4.77. The van der Waals surface area contributed by atoms with Crippen LogP contribution in [0.4, 0.5) is 0 Å². The second-order valence-electron chi connectivity index (χ2n) is 4.50. The van der Waals surface area contributed by atoms with E-state index in [-0.39, 0.29) is 0 Å². The molecule has 2 nitrogen and oxygen atoms in total. The van der Waals surface area contributed by atoms with Gasteiger partial charge in [0.2, 0.25) is 0 Å². The van der Waals surface area contributed by atoms with Gasteiger partial charge in [0, 0.05) is 6.04 Å². The van der Waals surface area contributed by atoms with Crippen molar-refractivity contribution >= 4 is 0 Å². The Kier molecular flexibility index (Phi) is 6.12. The van der Waals surface area contributed by atoms with Crippen LogP contribution in [0, 0.1) is 0 Å². The summed E-state index contributed by atoms with van der Waals surface area (Å²) in [4.78, 5) is 2.40. The van der Waals surface area contributed by atoms with Gasteiger partial charge in [0.15, 0.2) is 0 Å². The maximum atomic E-state index is 5.52. The van der Waals surface area contributed by atoms with Gasteiger partial charge < -0.3 is 10.6 Å². The van der Waals surface area contributed by atoms with Gasteiger partial charge in [-0.3, -0.25) is 0 Å². The zero-order valence-corrected chi connectivity index (χ0v) is 10.5. The molecule has 2 heteroatoms. The molecule has 1 unspecified atom stereocenters. The first-order valence-electron chi connectivity index (χ1n) is 6.18. The molecule has 0 aliphatic carbocycles. The van der Waals surface area contributed by atoms with Crippen LogP contribution >= 0.6 is 0 Å². The number of aryl methyl sites for hydroxylation is 1. The van der Waals surface area contributed by atoms with E-state index in [9.17, 15) is 0 Å². The fraction of sp³-hybridized carbons (Fsp3) is 0.571. The molecule has 1 aromatic rings. The zero-order chi connectivity index (χ0) is 11.8. The van der Waals surface area contributed by atoms with Crippen molar-refractivity contribution in [2.24, 2.45) is 5.73 Å². The van der Waals surface area contributed by atoms with Crippen molar-refractivity contribution in [2.75, 3.05) is 20.1 Å². The highest BCUT2D eigenvalue weighted by Crippen LogP contribution is 2.08. The third-order valence-corrected chi connectivity index (χ3v) is 3.16. The molecule has 0 saturated heterocycles. The van der Waals surface area contributed by atoms with E-state index in [4.69, 9.17) is 5.73 Å². The highest BCUT2D eigenvalue weighted by molar-refractivity contribution is 5.14. The zero-order valence-electron chi connectivity index (χ0n) is 10.5. The van der Waals surface area contributed by atoms with E-state index in [0.29, 0.717) is 6.04 Å². The summed E-state index contributed by atoms with van der Waals surface area (Å²) in [6, 6.07) is 11.3. The lowest BCUT2D eigenvalue weighted by atomic mass is 10.1. The highest BCUT2D eigenvalue weighted by Gasteiger charge is 2.08. The Hall–Kier alpha value is -0.860. The van der Waals surface area contributed by atoms with Crippen LogP contribution < -0.4 is 5.73 Å². The Morgan fingerprint density at radius 2 is 1.94 bits per heavy atom. The molecule has 0 radical (unpaired) electrons. The third-order valence-electron chi connectivity index (χ3n) is 3.16. The molecule has 1 atom stereocenters. The Balaban J connectivity index is 2.26. The molecule has 1 rings (SSSR count). The van der Waals surface area contributed by atoms with E-state index >= 15 is 0 Å². The first-order chi connectivity index (χ1) is 7.74. The number of nitrogens with zero attached hydrogens (tertiary/aromatic N) is 1. The van der Waals surface area contributed by atoms with Crippen LogP contribution in [-0.2, 0) is 6.42 Å². The summed E-state index contributed by atoms with van der Waals surface area (Å²) in [6.45, 7) is 4.18. The lowest BCUT2D eigenvalue weighted by Gasteiger charge is -2.24. The lowest BCUT2D eigenvalue weighted by molar-refractivity contribution is 0.245. The van der Waals surface area contributed by atoms with Gasteiger partial charge >= 0.3 is 0 Å². The summed E-state index contributed by atoms with van der Waals surface area (Å²) < 4.78 is 0. The standard InChI is InChI=1S/C14H24N2/c1-13(16(2)12-6-11-15)9-10-14-7-4-3-5-8-14/h3-5,7-8,13H,6,9-12,15H2,1-2H3. The molecule has 0 spiro atoms. The number of hydrogen-bond donors (Lipinski definition) is 1. The van der Waals surface area contributed by atoms with Gasteiger partial charge in [-0.05, 0) is 51.9 Å². The molecule has 0 saturated carbocycles. The summed E-state index contributed by atoms with van der Waals surface area (Å²) in [5.41, 5.74) is 6.95. The minimum absolute atomic E-state index is 0.631. The van der Waals surface area contributed by atoms with E-state index < -0.39 is 0 Å². The SMILES string of the molecule is CC(CCc1ccccc1)N(C)CCCN. The summed E-state index contributed by atoms with van der Waals surface area (Å²) in [5.74, 6) is 0. The summed E-state index contributed by atoms with van der Waals surface area (Å²) in [7, 11) is 2.19. The summed E-state index contributed by atoms with van der Waals surface area (Å²) >= 11 is 0. The molecule has 16 heavy (non-hydrogen) atoms. The van der Waals surface area contributed by atoms with Crippen molar-refractivity contribution in [3.8, 4) is 0 Å². The second-order valence-corrected chi connectivity index (χ2v) is 4.50. The minimum Gasteiger partial charge on any atom is -0.330 e. The monoisotopic (exact) mass is 220 g/mol. The Morgan fingerprint density at radius 3 is 2.56 bits per heavy atom. The van der Waals surface area contributed by atoms with E-state index in [1.54, 1.807) is 0 Å². The second kappa shape index (κ2) is 7.42. The first kappa shape index (κ1) is 13.2. The number of nitrogens with two attached hydrogens (primary N) is 1. The molecule has 2 N–H and O–H groups in total. The molecule has 0 aliphatic heterocycles. The van der Waals surface area contributed by atoms with Crippen molar-refractivity contribution in [3.05, 3.63) is 35.9 Å². The maximum absolute atomic E-state index is 5.52. The van der Waals surface area contributed by atoms with Gasteiger partial charge in [-0.25, -0.2) is 0 Å². The first-order valence-corrected chi connectivity index (χ1v) is 6.18. The molecule has 1 aromatic carbocycles. The number of hydrogen-bond acceptors (Lipinski definition) is 2. The van der Waals surface area contributed by atoms with Gasteiger partial charge in [-0.15, -0.1) is 0 Å². The Morgan fingerprint density at radius 1 is 1.25 bits per heavy atom. The molecular formula is C14H24N2. The normalized spacial score (nSPS) is 13.0. The molecule has 90 valence electrons. The Bertz CT molecular complexity index is 271. The molecule has 0 fully saturated rings. The molecule has 0 bridgehead atoms. The Labute approximate surface area is 99.5 Å². The molecular weight excluding hydrogens is 196 g/mol. The van der Waals surface area contributed by atoms with Crippen LogP contribution in [0.5, 0.6) is 0 Å². The van der Waals surface area contributed by atoms with Gasteiger partial charge in [-0.1, -0.05) is 30.3 Å². The van der Waals surface area contributed by atoms with Crippen molar-refractivity contribution in [1.29, 1.82) is 0 Å². The van der Waals surface area contributed by atoms with E-state index in [2.05, 4.69) is 49.2 Å². The average Bonchev–Trinajstić information content (AvgIpc) is 2.34. The largest absolute Gasteiger partial charge is 0.330 e. The molecule has 0 heterocycles. The summed E-state index contributed by atoms with van der Waals surface area (Å²) in [6.07, 6.45) is 3.46. The molecule has 0 aromatic heterocycles. The number of benzene rings is 1. The van der Waals surface area contributed by atoms with E-state index in [0.717, 1.165) is 25.9 Å². The smallest absolute Gasteiger partial charge is 0.00670 e. The van der Waals surface area contributed by atoms with Crippen molar-refractivity contribution < 1.29 is 0 Å². The van der Waals surface area contributed by atoms with Crippen LogP contribution in [0.25, 0.3) is 0 Å². The average molecular weight is 220 g/mol. The summed E-state index contributed by atoms with van der Waals surface area (Å²) in [5, 5.41) is 0. The lowest BCUT2D eigenvalue weighted by Crippen LogP contribution is -2.31. The van der Waals surface area contributed by atoms with Gasteiger partial charge in [0.05, 0.1) is 0 Å². The van der Waals surface area contributed by atoms with Crippen LogP contribution in [-0.4, -0.2) is 31.1 Å². The van der Waals surface area contributed by atoms with E-state index in [1.165, 1.54) is 12.0 Å². The topological polar surface area (TPSA) is 29.3 Å². The van der Waals surface area contributed by atoms with Crippen LogP contribution in [0.3, 0.4) is 0 Å². The quantitative estimate of drug-likeness (QED) is 0.764. The van der Waals surface area contributed by atoms with Crippen molar-refractivity contribution in [3.63, 3.8) is 0 Å². The predicted octanol–water partition coefficient (Wildman–Crippen LogP) is 2.29. The van der Waals surface area contributed by atoms with Crippen molar-refractivity contribution in [2.45, 2.75) is 32.2 Å². The van der Waals surface area contributed by atoms with E-state index in [1.807, 2.05) is 0 Å². The minimum atomic E-state index is 0.631. The molecule has 0 aliphatic rings. The van der Waals surface area contributed by atoms with Gasteiger partial charge in [-0.2, -0.15) is 0 Å². The van der Waals surface area contributed by atoms with Crippen LogP contribution in [0.15, 0.2) is 30.3 Å². The van der Waals surface area contributed by atoms with Gasteiger partial charge in [0.25, 0.3) is 0 Å². The molecule has 0 amide bonds. The highest BCUT2D eigenvalue weighted by atomic mass is 15.1. The predicted molar refractivity (Wildman–Crippen MR) is 70.5 cm³/mol. The van der Waals surface area contributed by atoms with Gasteiger partial charge in [0.1, 0.15) is 0 Å². The fourth-order valence-electron chi connectivity index (χ4n) is 1.80. The fourth-order valence-corrected chi connectivity index (χ4v) is 1.80. The maximum Gasteiger partial charge on any atom is 0.00670 e.